The lowest BCUT2D eigenvalue weighted by Crippen LogP contribution is -1.86. The van der Waals surface area contributed by atoms with Crippen LogP contribution in [0.25, 0.3) is 33.3 Å². The van der Waals surface area contributed by atoms with Crippen LogP contribution < -0.4 is 4.74 Å². The molecule has 0 aliphatic rings. The minimum Gasteiger partial charge on any atom is -0.504 e. The smallest absolute Gasteiger partial charge is 0.195 e. The van der Waals surface area contributed by atoms with Crippen LogP contribution >= 0.6 is 11.6 Å². The molecule has 23 heavy (non-hydrogen) atoms. The number of hydrogen-bond acceptors (Lipinski definition) is 4. The van der Waals surface area contributed by atoms with Crippen LogP contribution in [0.5, 0.6) is 11.5 Å². The quantitative estimate of drug-likeness (QED) is 0.562. The van der Waals surface area contributed by atoms with E-state index in [1.54, 1.807) is 25.3 Å². The van der Waals surface area contributed by atoms with Crippen LogP contribution in [0.15, 0.2) is 52.9 Å². The van der Waals surface area contributed by atoms with Crippen molar-refractivity contribution in [3.05, 3.63) is 53.6 Å². The molecule has 0 radical (unpaired) electrons. The molecule has 0 bridgehead atoms. The van der Waals surface area contributed by atoms with Gasteiger partial charge in [0.1, 0.15) is 16.8 Å². The maximum absolute atomic E-state index is 10.3. The van der Waals surface area contributed by atoms with Gasteiger partial charge in [0.2, 0.25) is 0 Å². The second-order valence-corrected chi connectivity index (χ2v) is 5.51. The summed E-state index contributed by atoms with van der Waals surface area (Å²) in [6.07, 6.45) is 0. The molecule has 4 nitrogen and oxygen atoms in total. The van der Waals surface area contributed by atoms with Crippen LogP contribution in [0, 0.1) is 0 Å². The SMILES string of the molecule is COc1ccc2oc3c(O)cc(-c4ccccc4)nc3c2c1Cl. The summed E-state index contributed by atoms with van der Waals surface area (Å²) < 4.78 is 11.0. The summed E-state index contributed by atoms with van der Waals surface area (Å²) >= 11 is 6.41. The maximum atomic E-state index is 10.3. The van der Waals surface area contributed by atoms with Gasteiger partial charge in [0.05, 0.1) is 23.2 Å². The molecule has 2 aromatic carbocycles. The Morgan fingerprint density at radius 1 is 1.13 bits per heavy atom. The van der Waals surface area contributed by atoms with E-state index in [1.165, 1.54) is 0 Å². The van der Waals surface area contributed by atoms with Crippen LogP contribution in [0.1, 0.15) is 0 Å². The highest BCUT2D eigenvalue weighted by Gasteiger charge is 2.19. The van der Waals surface area contributed by atoms with Gasteiger partial charge in [0, 0.05) is 11.6 Å². The zero-order chi connectivity index (χ0) is 16.0. The fourth-order valence-electron chi connectivity index (χ4n) is 2.66. The molecule has 0 saturated carbocycles. The normalized spacial score (nSPS) is 11.2. The molecule has 4 aromatic rings. The van der Waals surface area contributed by atoms with E-state index in [0.29, 0.717) is 38.5 Å². The van der Waals surface area contributed by atoms with Gasteiger partial charge >= 0.3 is 0 Å². The number of rotatable bonds is 2. The number of furan rings is 1. The highest BCUT2D eigenvalue weighted by molar-refractivity contribution is 6.39. The van der Waals surface area contributed by atoms with Crippen LogP contribution in [-0.2, 0) is 0 Å². The summed E-state index contributed by atoms with van der Waals surface area (Å²) in [5.41, 5.74) is 2.94. The van der Waals surface area contributed by atoms with Crippen molar-refractivity contribution in [1.29, 1.82) is 0 Å². The van der Waals surface area contributed by atoms with Gasteiger partial charge in [-0.05, 0) is 12.1 Å². The summed E-state index contributed by atoms with van der Waals surface area (Å²) in [4.78, 5) is 4.64. The molecule has 0 atom stereocenters. The molecule has 114 valence electrons. The van der Waals surface area contributed by atoms with Crippen molar-refractivity contribution in [2.45, 2.75) is 0 Å². The Hall–Kier alpha value is -2.72. The Morgan fingerprint density at radius 3 is 2.65 bits per heavy atom. The highest BCUT2D eigenvalue weighted by atomic mass is 35.5. The Kier molecular flexibility index (Phi) is 3.13. The second kappa shape index (κ2) is 5.18. The number of benzene rings is 2. The zero-order valence-corrected chi connectivity index (χ0v) is 13.0. The Morgan fingerprint density at radius 2 is 1.91 bits per heavy atom. The van der Waals surface area contributed by atoms with Gasteiger partial charge in [0.25, 0.3) is 0 Å². The molecule has 5 heteroatoms. The molecule has 0 aliphatic carbocycles. The largest absolute Gasteiger partial charge is 0.504 e. The summed E-state index contributed by atoms with van der Waals surface area (Å²) in [5, 5.41) is 11.4. The Bertz CT molecular complexity index is 1020. The van der Waals surface area contributed by atoms with Gasteiger partial charge < -0.3 is 14.3 Å². The van der Waals surface area contributed by atoms with Gasteiger partial charge in [-0.3, -0.25) is 0 Å². The van der Waals surface area contributed by atoms with Gasteiger partial charge in [0.15, 0.2) is 11.3 Å². The summed E-state index contributed by atoms with van der Waals surface area (Å²) in [5.74, 6) is 0.563. The lowest BCUT2D eigenvalue weighted by molar-refractivity contribution is 0.415. The van der Waals surface area contributed by atoms with Crippen molar-refractivity contribution in [2.75, 3.05) is 7.11 Å². The molecule has 4 rings (SSSR count). The Balaban J connectivity index is 2.09. The first-order valence-electron chi connectivity index (χ1n) is 7.03. The van der Waals surface area contributed by atoms with E-state index in [9.17, 15) is 5.11 Å². The predicted molar refractivity (Wildman–Crippen MR) is 90.2 cm³/mol. The third-order valence-electron chi connectivity index (χ3n) is 3.76. The third kappa shape index (κ3) is 2.11. The maximum Gasteiger partial charge on any atom is 0.195 e. The van der Waals surface area contributed by atoms with Gasteiger partial charge in [-0.25, -0.2) is 4.98 Å². The predicted octanol–water partition coefficient (Wildman–Crippen LogP) is 5.02. The second-order valence-electron chi connectivity index (χ2n) is 5.13. The van der Waals surface area contributed by atoms with Crippen LogP contribution in [0.2, 0.25) is 5.02 Å². The molecule has 0 saturated heterocycles. The van der Waals surface area contributed by atoms with Crippen molar-refractivity contribution in [3.8, 4) is 22.8 Å². The number of pyridine rings is 1. The van der Waals surface area contributed by atoms with E-state index >= 15 is 0 Å². The number of aromatic nitrogens is 1. The van der Waals surface area contributed by atoms with Crippen LogP contribution in [0.3, 0.4) is 0 Å². The van der Waals surface area contributed by atoms with Crippen molar-refractivity contribution in [3.63, 3.8) is 0 Å². The first-order valence-corrected chi connectivity index (χ1v) is 7.41. The molecule has 0 fully saturated rings. The molecule has 0 unspecified atom stereocenters. The molecule has 2 heterocycles. The third-order valence-corrected chi connectivity index (χ3v) is 4.14. The van der Waals surface area contributed by atoms with E-state index in [2.05, 4.69) is 4.98 Å². The molecular weight excluding hydrogens is 314 g/mol. The van der Waals surface area contributed by atoms with Crippen molar-refractivity contribution < 1.29 is 14.3 Å². The molecule has 2 aromatic heterocycles. The fourth-order valence-corrected chi connectivity index (χ4v) is 2.98. The van der Waals surface area contributed by atoms with E-state index in [4.69, 9.17) is 20.8 Å². The average Bonchev–Trinajstić information content (AvgIpc) is 2.96. The topological polar surface area (TPSA) is 55.5 Å². The number of fused-ring (bicyclic) bond motifs is 3. The summed E-state index contributed by atoms with van der Waals surface area (Å²) in [6, 6.07) is 14.7. The molecule has 0 amide bonds. The fraction of sp³-hybridized carbons (Fsp3) is 0.0556. The minimum absolute atomic E-state index is 0.0279. The van der Waals surface area contributed by atoms with Crippen LogP contribution in [-0.4, -0.2) is 17.2 Å². The number of hydrogen-bond donors (Lipinski definition) is 1. The lowest BCUT2D eigenvalue weighted by Gasteiger charge is -2.04. The van der Waals surface area contributed by atoms with Crippen molar-refractivity contribution >= 4 is 33.7 Å². The Labute approximate surface area is 136 Å². The van der Waals surface area contributed by atoms with Crippen molar-refractivity contribution in [1.82, 2.24) is 4.98 Å². The van der Waals surface area contributed by atoms with Crippen molar-refractivity contribution in [2.24, 2.45) is 0 Å². The summed E-state index contributed by atoms with van der Waals surface area (Å²) in [7, 11) is 1.55. The number of nitrogens with zero attached hydrogens (tertiary/aromatic N) is 1. The number of methoxy groups -OCH3 is 1. The summed E-state index contributed by atoms with van der Waals surface area (Å²) in [6.45, 7) is 0. The van der Waals surface area contributed by atoms with E-state index in [1.807, 2.05) is 30.3 Å². The van der Waals surface area contributed by atoms with Gasteiger partial charge in [-0.1, -0.05) is 41.9 Å². The monoisotopic (exact) mass is 325 g/mol. The average molecular weight is 326 g/mol. The highest BCUT2D eigenvalue weighted by Crippen LogP contribution is 2.41. The van der Waals surface area contributed by atoms with E-state index < -0.39 is 0 Å². The first kappa shape index (κ1) is 13.9. The molecule has 0 spiro atoms. The molecular formula is C18H12ClNO3. The molecule has 1 N–H and O–H groups in total. The standard InChI is InChI=1S/C18H12ClNO3/c1-22-14-8-7-13-15(16(14)19)17-18(23-13)12(21)9-11(20-17)10-5-3-2-4-6-10/h2-9H,1H3,(H,20,21). The first-order chi connectivity index (χ1) is 11.2. The molecule has 0 aliphatic heterocycles. The van der Waals surface area contributed by atoms with E-state index in [-0.39, 0.29) is 5.75 Å². The minimum atomic E-state index is 0.0279. The lowest BCUT2D eigenvalue weighted by atomic mass is 10.1. The van der Waals surface area contributed by atoms with Crippen LogP contribution in [0.4, 0.5) is 0 Å². The number of halogens is 1. The van der Waals surface area contributed by atoms with Gasteiger partial charge in [-0.15, -0.1) is 0 Å². The zero-order valence-electron chi connectivity index (χ0n) is 12.2. The van der Waals surface area contributed by atoms with Gasteiger partial charge in [-0.2, -0.15) is 0 Å². The van der Waals surface area contributed by atoms with E-state index in [0.717, 1.165) is 5.56 Å². The number of aromatic hydroxyl groups is 1. The number of ether oxygens (including phenoxy) is 1.